The van der Waals surface area contributed by atoms with Crippen LogP contribution in [0.2, 0.25) is 0 Å². The van der Waals surface area contributed by atoms with E-state index in [9.17, 15) is 28.2 Å². The molecule has 1 unspecified atom stereocenters. The molecule has 3 aromatic rings. The predicted molar refractivity (Wildman–Crippen MR) is 121 cm³/mol. The third-order valence-electron chi connectivity index (χ3n) is 7.07. The van der Waals surface area contributed by atoms with Gasteiger partial charge in [-0.05, 0) is 42.0 Å². The van der Waals surface area contributed by atoms with Gasteiger partial charge in [-0.1, -0.05) is 42.5 Å². The Balaban J connectivity index is 1.25. The Bertz CT molecular complexity index is 1230. The van der Waals surface area contributed by atoms with Crippen molar-refractivity contribution in [2.24, 2.45) is 0 Å². The molecule has 0 radical (unpaired) electrons. The minimum absolute atomic E-state index is 0.228. The van der Waals surface area contributed by atoms with Gasteiger partial charge in [-0.25, -0.2) is 0 Å². The summed E-state index contributed by atoms with van der Waals surface area (Å²) in [7, 11) is 0. The van der Waals surface area contributed by atoms with E-state index in [0.717, 1.165) is 22.9 Å². The van der Waals surface area contributed by atoms with Crippen molar-refractivity contribution in [3.05, 3.63) is 82.9 Å². The largest absolute Gasteiger partial charge is 0.416 e. The number of piperidine rings is 1. The Hall–Kier alpha value is -2.94. The van der Waals surface area contributed by atoms with Crippen LogP contribution in [0.5, 0.6) is 0 Å². The number of hydrogen-bond donors (Lipinski definition) is 2. The molecule has 0 aliphatic carbocycles. The molecule has 5 nitrogen and oxygen atoms in total. The monoisotopic (exact) mass is 470 g/mol. The third-order valence-corrected chi connectivity index (χ3v) is 7.07. The average Bonchev–Trinajstić information content (AvgIpc) is 2.83. The fraction of sp³-hybridized carbons (Fsp3) is 0.346. The Morgan fingerprint density at radius 2 is 1.65 bits per heavy atom. The summed E-state index contributed by atoms with van der Waals surface area (Å²) in [6, 6.07) is 16.0. The van der Waals surface area contributed by atoms with Crippen molar-refractivity contribution >= 4 is 16.7 Å². The third kappa shape index (κ3) is 3.96. The number of aliphatic hydroxyl groups excluding tert-OH is 1. The first-order valence-electron chi connectivity index (χ1n) is 11.3. The number of benzene rings is 3. The highest BCUT2D eigenvalue weighted by Crippen LogP contribution is 2.38. The first kappa shape index (κ1) is 22.8. The molecule has 5 rings (SSSR count). The van der Waals surface area contributed by atoms with Crippen LogP contribution in [0.3, 0.4) is 0 Å². The molecule has 1 fully saturated rings. The Kier molecular flexibility index (Phi) is 5.62. The van der Waals surface area contributed by atoms with E-state index in [4.69, 9.17) is 0 Å². The van der Waals surface area contributed by atoms with Gasteiger partial charge in [-0.3, -0.25) is 4.79 Å². The smallest absolute Gasteiger partial charge is 0.385 e. The van der Waals surface area contributed by atoms with Gasteiger partial charge in [-0.2, -0.15) is 13.2 Å². The maximum absolute atomic E-state index is 13.1. The van der Waals surface area contributed by atoms with Crippen molar-refractivity contribution in [2.75, 3.05) is 26.2 Å². The molecule has 2 aliphatic heterocycles. The number of halogens is 3. The molecule has 2 N–H and O–H groups in total. The van der Waals surface area contributed by atoms with E-state index in [2.05, 4.69) is 4.90 Å². The minimum atomic E-state index is -4.46. The summed E-state index contributed by atoms with van der Waals surface area (Å²) >= 11 is 0. The second-order valence-electron chi connectivity index (χ2n) is 9.07. The molecule has 1 amide bonds. The van der Waals surface area contributed by atoms with Crippen LogP contribution in [0.25, 0.3) is 10.8 Å². The quantitative estimate of drug-likeness (QED) is 0.597. The van der Waals surface area contributed by atoms with Crippen LogP contribution >= 0.6 is 0 Å². The van der Waals surface area contributed by atoms with E-state index in [1.165, 1.54) is 17.0 Å². The van der Waals surface area contributed by atoms with E-state index >= 15 is 0 Å². The molecule has 0 spiro atoms. The van der Waals surface area contributed by atoms with E-state index in [-0.39, 0.29) is 24.3 Å². The summed E-state index contributed by atoms with van der Waals surface area (Å²) in [6.07, 6.45) is -4.93. The van der Waals surface area contributed by atoms with Gasteiger partial charge in [0, 0.05) is 42.7 Å². The number of nitrogens with zero attached hydrogens (tertiary/aromatic N) is 2. The summed E-state index contributed by atoms with van der Waals surface area (Å²) in [5.74, 6) is -0.228. The van der Waals surface area contributed by atoms with Gasteiger partial charge in [0.05, 0.1) is 11.2 Å². The van der Waals surface area contributed by atoms with E-state index < -0.39 is 23.6 Å². The lowest BCUT2D eigenvalue weighted by atomic mass is 9.83. The first-order chi connectivity index (χ1) is 16.2. The van der Waals surface area contributed by atoms with Crippen LogP contribution in [0.4, 0.5) is 13.2 Å². The van der Waals surface area contributed by atoms with E-state index in [1.54, 1.807) is 6.07 Å². The minimum Gasteiger partial charge on any atom is -0.385 e. The fourth-order valence-electron chi connectivity index (χ4n) is 5.09. The highest BCUT2D eigenvalue weighted by atomic mass is 19.4. The van der Waals surface area contributed by atoms with Crippen LogP contribution in [0, 0.1) is 0 Å². The molecule has 2 aliphatic rings. The summed E-state index contributed by atoms with van der Waals surface area (Å²) in [4.78, 5) is 16.6. The predicted octanol–water partition coefficient (Wildman–Crippen LogP) is 4.29. The standard InChI is InChI=1S/C26H25F3N2O3/c27-26(28,29)19-7-3-6-18(16-19)25(34)10-12-30(13-11-25)14-15-31-23(32)20-8-1-4-17-5-2-9-21(22(17)20)24(31)33/h1-9,16,23,32,34H,10-15H2. The van der Waals surface area contributed by atoms with Gasteiger partial charge in [0.1, 0.15) is 0 Å². The summed E-state index contributed by atoms with van der Waals surface area (Å²) in [5.41, 5.74) is -0.560. The highest BCUT2D eigenvalue weighted by Gasteiger charge is 2.38. The van der Waals surface area contributed by atoms with Crippen LogP contribution in [-0.2, 0) is 11.8 Å². The fourth-order valence-corrected chi connectivity index (χ4v) is 5.09. The van der Waals surface area contributed by atoms with Crippen LogP contribution < -0.4 is 0 Å². The molecular formula is C26H25F3N2O3. The zero-order chi connectivity index (χ0) is 24.1. The molecule has 0 aromatic heterocycles. The molecule has 1 saturated heterocycles. The molecule has 3 aromatic carbocycles. The summed E-state index contributed by atoms with van der Waals surface area (Å²) in [6.45, 7) is 1.72. The zero-order valence-electron chi connectivity index (χ0n) is 18.4. The normalized spacial score (nSPS) is 20.7. The second kappa shape index (κ2) is 8.37. The van der Waals surface area contributed by atoms with Gasteiger partial charge in [-0.15, -0.1) is 0 Å². The molecule has 1 atom stereocenters. The van der Waals surface area contributed by atoms with Gasteiger partial charge >= 0.3 is 6.18 Å². The number of alkyl halides is 3. The maximum atomic E-state index is 13.1. The topological polar surface area (TPSA) is 64.0 Å². The second-order valence-corrected chi connectivity index (χ2v) is 9.07. The average molecular weight is 470 g/mol. The van der Waals surface area contributed by atoms with Crippen molar-refractivity contribution < 1.29 is 28.2 Å². The number of aliphatic hydroxyl groups is 2. The van der Waals surface area contributed by atoms with Crippen molar-refractivity contribution in [2.45, 2.75) is 30.8 Å². The molecule has 34 heavy (non-hydrogen) atoms. The summed E-state index contributed by atoms with van der Waals surface area (Å²) in [5, 5.41) is 23.6. The molecule has 0 saturated carbocycles. The maximum Gasteiger partial charge on any atom is 0.416 e. The molecular weight excluding hydrogens is 445 g/mol. The van der Waals surface area contributed by atoms with Crippen molar-refractivity contribution in [3.8, 4) is 0 Å². The number of hydrogen-bond acceptors (Lipinski definition) is 4. The zero-order valence-corrected chi connectivity index (χ0v) is 18.4. The van der Waals surface area contributed by atoms with Crippen LogP contribution in [0.15, 0.2) is 60.7 Å². The molecule has 178 valence electrons. The summed E-state index contributed by atoms with van der Waals surface area (Å²) < 4.78 is 39.3. The SMILES string of the molecule is O=C1c2cccc3cccc(c23)C(O)N1CCN1CCC(O)(c2cccc(C(F)(F)F)c2)CC1. The van der Waals surface area contributed by atoms with Crippen molar-refractivity contribution in [3.63, 3.8) is 0 Å². The van der Waals surface area contributed by atoms with Crippen LogP contribution in [0.1, 0.15) is 46.1 Å². The van der Waals surface area contributed by atoms with Crippen molar-refractivity contribution in [1.29, 1.82) is 0 Å². The number of carbonyl (C=O) groups is 1. The van der Waals surface area contributed by atoms with Crippen LogP contribution in [-0.4, -0.2) is 52.1 Å². The first-order valence-corrected chi connectivity index (χ1v) is 11.3. The lowest BCUT2D eigenvalue weighted by molar-refractivity contribution is -0.137. The molecule has 0 bridgehead atoms. The van der Waals surface area contributed by atoms with Crippen molar-refractivity contribution in [1.82, 2.24) is 9.80 Å². The Labute approximate surface area is 195 Å². The molecule has 8 heteroatoms. The van der Waals surface area contributed by atoms with E-state index in [1.807, 2.05) is 30.3 Å². The van der Waals surface area contributed by atoms with Gasteiger partial charge < -0.3 is 20.0 Å². The highest BCUT2D eigenvalue weighted by molar-refractivity contribution is 6.10. The Morgan fingerprint density at radius 1 is 0.971 bits per heavy atom. The van der Waals surface area contributed by atoms with Gasteiger partial charge in [0.2, 0.25) is 0 Å². The molecule has 2 heterocycles. The van der Waals surface area contributed by atoms with Gasteiger partial charge in [0.15, 0.2) is 6.23 Å². The number of carbonyl (C=O) groups excluding carboxylic acids is 1. The lowest BCUT2D eigenvalue weighted by Crippen LogP contribution is -2.47. The number of likely N-dealkylation sites (tertiary alicyclic amines) is 1. The Morgan fingerprint density at radius 3 is 2.35 bits per heavy atom. The number of amides is 1. The van der Waals surface area contributed by atoms with E-state index in [0.29, 0.717) is 37.3 Å². The van der Waals surface area contributed by atoms with Gasteiger partial charge in [0.25, 0.3) is 5.91 Å². The number of rotatable bonds is 4. The lowest BCUT2D eigenvalue weighted by Gasteiger charge is -2.40.